The monoisotopic (exact) mass is 329 g/mol. The van der Waals surface area contributed by atoms with Gasteiger partial charge in [0.05, 0.1) is 5.75 Å². The Bertz CT molecular complexity index is 654. The number of sulfonamides is 1. The van der Waals surface area contributed by atoms with E-state index in [1.54, 1.807) is 38.1 Å². The Kier molecular flexibility index (Phi) is 5.43. The summed E-state index contributed by atoms with van der Waals surface area (Å²) in [5.74, 6) is -0.853. The standard InChI is InChI=1S/C13H19N3O3S2/c1-13(2,7-11(14)17)16-21(18,19)8-9-5-3-4-6-10(9)12(15)20/h3-6,16H,7-8H2,1-2H3,(H2,14,17)(H2,15,20). The highest BCUT2D eigenvalue weighted by Gasteiger charge is 2.27. The van der Waals surface area contributed by atoms with Crippen LogP contribution in [0.3, 0.4) is 0 Å². The molecule has 0 unspecified atom stereocenters. The van der Waals surface area contributed by atoms with Crippen LogP contribution in [-0.2, 0) is 20.6 Å². The summed E-state index contributed by atoms with van der Waals surface area (Å²) in [7, 11) is -3.67. The molecular formula is C13H19N3O3S2. The zero-order chi connectivity index (χ0) is 16.3. The van der Waals surface area contributed by atoms with Crippen molar-refractivity contribution in [1.29, 1.82) is 0 Å². The topological polar surface area (TPSA) is 115 Å². The maximum absolute atomic E-state index is 12.2. The van der Waals surface area contributed by atoms with E-state index in [2.05, 4.69) is 4.72 Å². The lowest BCUT2D eigenvalue weighted by molar-refractivity contribution is -0.119. The molecule has 0 aliphatic rings. The van der Waals surface area contributed by atoms with E-state index in [9.17, 15) is 13.2 Å². The fourth-order valence-electron chi connectivity index (χ4n) is 2.02. The lowest BCUT2D eigenvalue weighted by atomic mass is 10.0. The van der Waals surface area contributed by atoms with Crippen LogP contribution in [0.25, 0.3) is 0 Å². The van der Waals surface area contributed by atoms with Crippen molar-refractivity contribution in [2.24, 2.45) is 11.5 Å². The van der Waals surface area contributed by atoms with Gasteiger partial charge >= 0.3 is 0 Å². The van der Waals surface area contributed by atoms with E-state index < -0.39 is 21.5 Å². The molecule has 0 saturated heterocycles. The van der Waals surface area contributed by atoms with E-state index in [-0.39, 0.29) is 17.2 Å². The summed E-state index contributed by atoms with van der Waals surface area (Å²) in [4.78, 5) is 11.1. The summed E-state index contributed by atoms with van der Waals surface area (Å²) in [5.41, 5.74) is 10.8. The number of nitrogens with two attached hydrogens (primary N) is 2. The summed E-state index contributed by atoms with van der Waals surface area (Å²) in [5, 5.41) is 0. The highest BCUT2D eigenvalue weighted by molar-refractivity contribution is 7.88. The predicted octanol–water partition coefficient (Wildman–Crippen LogP) is 0.394. The van der Waals surface area contributed by atoms with E-state index in [0.717, 1.165) is 0 Å². The molecule has 1 aromatic rings. The second kappa shape index (κ2) is 6.50. The first-order chi connectivity index (χ1) is 9.52. The number of hydrogen-bond acceptors (Lipinski definition) is 4. The molecule has 0 aliphatic heterocycles. The number of nitrogens with one attached hydrogen (secondary N) is 1. The Morgan fingerprint density at radius 1 is 1.29 bits per heavy atom. The minimum atomic E-state index is -3.67. The van der Waals surface area contributed by atoms with Crippen LogP contribution in [0.1, 0.15) is 31.4 Å². The number of primary amides is 1. The second-order valence-corrected chi connectivity index (χ2v) is 7.57. The average molecular weight is 329 g/mol. The minimum Gasteiger partial charge on any atom is -0.389 e. The molecule has 0 aromatic heterocycles. The van der Waals surface area contributed by atoms with E-state index in [4.69, 9.17) is 23.7 Å². The van der Waals surface area contributed by atoms with E-state index in [0.29, 0.717) is 11.1 Å². The lowest BCUT2D eigenvalue weighted by Crippen LogP contribution is -2.46. The van der Waals surface area contributed by atoms with Gasteiger partial charge in [-0.2, -0.15) is 0 Å². The summed E-state index contributed by atoms with van der Waals surface area (Å²) in [6.07, 6.45) is -0.0941. The number of benzene rings is 1. The number of rotatable bonds is 7. The van der Waals surface area contributed by atoms with Gasteiger partial charge in [0.25, 0.3) is 0 Å². The Labute approximate surface area is 129 Å². The van der Waals surface area contributed by atoms with Crippen LogP contribution in [0.15, 0.2) is 24.3 Å². The van der Waals surface area contributed by atoms with Crippen molar-refractivity contribution in [3.63, 3.8) is 0 Å². The van der Waals surface area contributed by atoms with Crippen LogP contribution in [0.4, 0.5) is 0 Å². The summed E-state index contributed by atoms with van der Waals surface area (Å²) in [6, 6.07) is 6.76. The van der Waals surface area contributed by atoms with Gasteiger partial charge in [0.15, 0.2) is 0 Å². The molecule has 0 bridgehead atoms. The Hall–Kier alpha value is -1.51. The van der Waals surface area contributed by atoms with E-state index in [1.165, 1.54) is 0 Å². The van der Waals surface area contributed by atoms with Crippen LogP contribution in [-0.4, -0.2) is 24.9 Å². The Morgan fingerprint density at radius 2 is 1.86 bits per heavy atom. The molecule has 1 aromatic carbocycles. The van der Waals surface area contributed by atoms with Crippen molar-refractivity contribution in [3.05, 3.63) is 35.4 Å². The molecule has 5 N–H and O–H groups in total. The molecule has 0 heterocycles. The summed E-state index contributed by atoms with van der Waals surface area (Å²) in [6.45, 7) is 3.18. The van der Waals surface area contributed by atoms with Gasteiger partial charge in [-0.25, -0.2) is 13.1 Å². The van der Waals surface area contributed by atoms with Crippen LogP contribution in [0.5, 0.6) is 0 Å². The van der Waals surface area contributed by atoms with E-state index in [1.807, 2.05) is 0 Å². The number of amides is 1. The SMILES string of the molecule is CC(C)(CC(N)=O)NS(=O)(=O)Cc1ccccc1C(N)=S. The number of carbonyl (C=O) groups excluding carboxylic acids is 1. The van der Waals surface area contributed by atoms with Crippen molar-refractivity contribution in [2.75, 3.05) is 0 Å². The molecule has 0 atom stereocenters. The molecule has 1 rings (SSSR count). The number of thiocarbonyl (C=S) groups is 1. The van der Waals surface area contributed by atoms with E-state index >= 15 is 0 Å². The quantitative estimate of drug-likeness (QED) is 0.626. The first-order valence-electron chi connectivity index (χ1n) is 6.20. The van der Waals surface area contributed by atoms with Gasteiger partial charge in [0.1, 0.15) is 4.99 Å². The van der Waals surface area contributed by atoms with Crippen LogP contribution in [0.2, 0.25) is 0 Å². The first kappa shape index (κ1) is 17.5. The Morgan fingerprint density at radius 3 is 2.38 bits per heavy atom. The summed E-state index contributed by atoms with van der Waals surface area (Å²) >= 11 is 4.91. The van der Waals surface area contributed by atoms with Gasteiger partial charge in [-0.1, -0.05) is 36.5 Å². The van der Waals surface area contributed by atoms with Crippen molar-refractivity contribution >= 4 is 33.1 Å². The third-order valence-electron chi connectivity index (χ3n) is 2.68. The smallest absolute Gasteiger partial charge is 0.219 e. The maximum Gasteiger partial charge on any atom is 0.219 e. The van der Waals surface area contributed by atoms with Gasteiger partial charge < -0.3 is 11.5 Å². The number of carbonyl (C=O) groups is 1. The maximum atomic E-state index is 12.2. The van der Waals surface area contributed by atoms with Gasteiger partial charge in [-0.3, -0.25) is 4.79 Å². The molecule has 21 heavy (non-hydrogen) atoms. The Balaban J connectivity index is 2.96. The second-order valence-electron chi connectivity index (χ2n) is 5.41. The summed E-state index contributed by atoms with van der Waals surface area (Å²) < 4.78 is 26.9. The fourth-order valence-corrected chi connectivity index (χ4v) is 3.87. The molecule has 116 valence electrons. The molecule has 6 nitrogen and oxygen atoms in total. The van der Waals surface area contributed by atoms with Crippen molar-refractivity contribution in [3.8, 4) is 0 Å². The van der Waals surface area contributed by atoms with Crippen molar-refractivity contribution in [2.45, 2.75) is 31.6 Å². The average Bonchev–Trinajstić information content (AvgIpc) is 2.24. The lowest BCUT2D eigenvalue weighted by Gasteiger charge is -2.24. The fraction of sp³-hybridized carbons (Fsp3) is 0.385. The molecule has 0 radical (unpaired) electrons. The molecule has 0 fully saturated rings. The first-order valence-corrected chi connectivity index (χ1v) is 8.26. The van der Waals surface area contributed by atoms with Crippen molar-refractivity contribution < 1.29 is 13.2 Å². The number of hydrogen-bond donors (Lipinski definition) is 3. The van der Waals surface area contributed by atoms with Crippen LogP contribution < -0.4 is 16.2 Å². The van der Waals surface area contributed by atoms with Crippen LogP contribution >= 0.6 is 12.2 Å². The van der Waals surface area contributed by atoms with Gasteiger partial charge in [-0.15, -0.1) is 0 Å². The minimum absolute atomic E-state index is 0.0941. The van der Waals surface area contributed by atoms with Gasteiger partial charge in [-0.05, 0) is 19.4 Å². The van der Waals surface area contributed by atoms with Gasteiger partial charge in [0.2, 0.25) is 15.9 Å². The highest BCUT2D eigenvalue weighted by Crippen LogP contribution is 2.15. The molecule has 0 saturated carbocycles. The van der Waals surface area contributed by atoms with Gasteiger partial charge in [0, 0.05) is 17.5 Å². The zero-order valence-corrected chi connectivity index (χ0v) is 13.6. The zero-order valence-electron chi connectivity index (χ0n) is 11.9. The third kappa shape index (κ3) is 5.78. The molecule has 8 heteroatoms. The predicted molar refractivity (Wildman–Crippen MR) is 86.0 cm³/mol. The van der Waals surface area contributed by atoms with Crippen LogP contribution in [0, 0.1) is 0 Å². The third-order valence-corrected chi connectivity index (χ3v) is 4.45. The van der Waals surface area contributed by atoms with Crippen molar-refractivity contribution in [1.82, 2.24) is 4.72 Å². The highest BCUT2D eigenvalue weighted by atomic mass is 32.2. The molecule has 1 amide bonds. The molecular weight excluding hydrogens is 310 g/mol. The molecule has 0 aliphatic carbocycles. The largest absolute Gasteiger partial charge is 0.389 e. The molecule has 0 spiro atoms. The normalized spacial score (nSPS) is 12.1.